The summed E-state index contributed by atoms with van der Waals surface area (Å²) in [6.07, 6.45) is 2.28. The van der Waals surface area contributed by atoms with Crippen LogP contribution in [0.4, 0.5) is 0 Å². The van der Waals surface area contributed by atoms with Crippen LogP contribution in [-0.2, 0) is 14.0 Å². The molecule has 1 atom stereocenters. The lowest BCUT2D eigenvalue weighted by atomic mass is 9.77. The molecule has 0 aliphatic carbocycles. The van der Waals surface area contributed by atoms with E-state index in [1.54, 1.807) is 7.11 Å². The van der Waals surface area contributed by atoms with Crippen LogP contribution in [0.3, 0.4) is 0 Å². The van der Waals surface area contributed by atoms with Crippen molar-refractivity contribution in [1.29, 1.82) is 0 Å². The van der Waals surface area contributed by atoms with E-state index < -0.39 is 7.12 Å². The van der Waals surface area contributed by atoms with E-state index in [0.717, 1.165) is 30.8 Å². The second-order valence-corrected chi connectivity index (χ2v) is 7.50. The first-order valence-electron chi connectivity index (χ1n) is 8.45. The van der Waals surface area contributed by atoms with Crippen LogP contribution in [0.1, 0.15) is 52.0 Å². The van der Waals surface area contributed by atoms with Crippen LogP contribution in [0.25, 0.3) is 0 Å². The summed E-state index contributed by atoms with van der Waals surface area (Å²) >= 11 is 0. The van der Waals surface area contributed by atoms with Crippen molar-refractivity contribution in [2.24, 2.45) is 0 Å². The van der Waals surface area contributed by atoms with Crippen molar-refractivity contribution in [3.05, 3.63) is 23.8 Å². The highest BCUT2D eigenvalue weighted by Crippen LogP contribution is 2.37. The fraction of sp³-hybridized carbons (Fsp3) is 0.667. The van der Waals surface area contributed by atoms with Crippen molar-refractivity contribution in [2.75, 3.05) is 20.3 Å². The topological polar surface area (TPSA) is 36.9 Å². The van der Waals surface area contributed by atoms with Crippen LogP contribution >= 0.6 is 0 Å². The predicted molar refractivity (Wildman–Crippen MR) is 91.5 cm³/mol. The van der Waals surface area contributed by atoms with Crippen molar-refractivity contribution in [1.82, 2.24) is 0 Å². The summed E-state index contributed by atoms with van der Waals surface area (Å²) in [6, 6.07) is 6.34. The van der Waals surface area contributed by atoms with Crippen LogP contribution in [-0.4, -0.2) is 38.6 Å². The number of hydrogen-bond acceptors (Lipinski definition) is 4. The smallest absolute Gasteiger partial charge is 0.497 e. The average molecular weight is 318 g/mol. The summed E-state index contributed by atoms with van der Waals surface area (Å²) in [5.41, 5.74) is 1.52. The Balaban J connectivity index is 1.86. The molecule has 2 saturated heterocycles. The first kappa shape index (κ1) is 16.8. The van der Waals surface area contributed by atoms with Gasteiger partial charge in [-0.1, -0.05) is 12.1 Å². The highest BCUT2D eigenvalue weighted by atomic mass is 16.7. The first-order valence-corrected chi connectivity index (χ1v) is 8.45. The van der Waals surface area contributed by atoms with Gasteiger partial charge >= 0.3 is 7.12 Å². The van der Waals surface area contributed by atoms with E-state index in [4.69, 9.17) is 18.8 Å². The molecule has 0 bridgehead atoms. The van der Waals surface area contributed by atoms with E-state index in [2.05, 4.69) is 45.9 Å². The average Bonchev–Trinajstić information content (AvgIpc) is 2.75. The Kier molecular flexibility index (Phi) is 4.47. The fourth-order valence-electron chi connectivity index (χ4n) is 3.15. The summed E-state index contributed by atoms with van der Waals surface area (Å²) in [4.78, 5) is 0. The number of rotatable bonds is 3. The van der Waals surface area contributed by atoms with Gasteiger partial charge in [0.1, 0.15) is 5.75 Å². The van der Waals surface area contributed by atoms with E-state index >= 15 is 0 Å². The molecular weight excluding hydrogens is 291 g/mol. The second kappa shape index (κ2) is 6.12. The van der Waals surface area contributed by atoms with Gasteiger partial charge in [-0.15, -0.1) is 0 Å². The molecule has 1 aromatic rings. The summed E-state index contributed by atoms with van der Waals surface area (Å²) in [5, 5.41) is 0. The van der Waals surface area contributed by atoms with Gasteiger partial charge in [-0.3, -0.25) is 0 Å². The van der Waals surface area contributed by atoms with Crippen LogP contribution in [0, 0.1) is 0 Å². The molecule has 0 N–H and O–H groups in total. The van der Waals surface area contributed by atoms with Crippen LogP contribution in [0.5, 0.6) is 5.75 Å². The molecule has 0 saturated carbocycles. The molecule has 0 amide bonds. The van der Waals surface area contributed by atoms with Crippen LogP contribution < -0.4 is 10.2 Å². The minimum absolute atomic E-state index is 0.349. The molecule has 2 heterocycles. The van der Waals surface area contributed by atoms with E-state index in [0.29, 0.717) is 5.92 Å². The zero-order valence-electron chi connectivity index (χ0n) is 14.8. The van der Waals surface area contributed by atoms with Crippen molar-refractivity contribution in [2.45, 2.75) is 57.7 Å². The van der Waals surface area contributed by atoms with Gasteiger partial charge in [-0.2, -0.15) is 0 Å². The Bertz CT molecular complexity index is 548. The van der Waals surface area contributed by atoms with E-state index in [1.807, 2.05) is 0 Å². The highest BCUT2D eigenvalue weighted by molar-refractivity contribution is 6.63. The van der Waals surface area contributed by atoms with Gasteiger partial charge in [0.2, 0.25) is 0 Å². The van der Waals surface area contributed by atoms with E-state index in [-0.39, 0.29) is 11.2 Å². The third kappa shape index (κ3) is 3.15. The van der Waals surface area contributed by atoms with Crippen LogP contribution in [0.2, 0.25) is 0 Å². The first-order chi connectivity index (χ1) is 10.8. The van der Waals surface area contributed by atoms with Gasteiger partial charge < -0.3 is 18.8 Å². The maximum absolute atomic E-state index is 6.15. The van der Waals surface area contributed by atoms with Crippen LogP contribution in [0.15, 0.2) is 18.2 Å². The molecule has 1 aromatic carbocycles. The summed E-state index contributed by atoms with van der Waals surface area (Å²) in [7, 11) is 1.30. The van der Waals surface area contributed by atoms with Gasteiger partial charge in [-0.25, -0.2) is 0 Å². The molecule has 0 aromatic heterocycles. The quantitative estimate of drug-likeness (QED) is 0.803. The Morgan fingerprint density at radius 3 is 2.39 bits per heavy atom. The number of ether oxygens (including phenoxy) is 2. The number of benzene rings is 1. The Hall–Kier alpha value is -1.04. The summed E-state index contributed by atoms with van der Waals surface area (Å²) < 4.78 is 23.5. The molecular formula is C18H27BO4. The Morgan fingerprint density at radius 1 is 1.13 bits per heavy atom. The molecule has 3 rings (SSSR count). The van der Waals surface area contributed by atoms with Gasteiger partial charge in [0.25, 0.3) is 0 Å². The summed E-state index contributed by atoms with van der Waals surface area (Å²) in [5.74, 6) is 1.27. The minimum Gasteiger partial charge on any atom is -0.497 e. The zero-order valence-corrected chi connectivity index (χ0v) is 14.8. The number of methoxy groups -OCH3 is 1. The SMILES string of the molecule is COc1cc(C2CCCOC2)ccc1B1OC(C)(C)C(C)(C)O1. The minimum atomic E-state index is -0.397. The summed E-state index contributed by atoms with van der Waals surface area (Å²) in [6.45, 7) is 9.92. The lowest BCUT2D eigenvalue weighted by molar-refractivity contribution is 0.00578. The largest absolute Gasteiger partial charge is 0.498 e. The molecule has 1 unspecified atom stereocenters. The molecule has 126 valence electrons. The Morgan fingerprint density at radius 2 is 1.83 bits per heavy atom. The molecule has 23 heavy (non-hydrogen) atoms. The third-order valence-electron chi connectivity index (χ3n) is 5.40. The van der Waals surface area contributed by atoms with E-state index in [9.17, 15) is 0 Å². The lowest BCUT2D eigenvalue weighted by Crippen LogP contribution is -2.41. The van der Waals surface area contributed by atoms with Gasteiger partial charge in [0.15, 0.2) is 0 Å². The predicted octanol–water partition coefficient (Wildman–Crippen LogP) is 2.89. The molecule has 2 aliphatic heterocycles. The van der Waals surface area contributed by atoms with Crippen molar-refractivity contribution >= 4 is 12.6 Å². The van der Waals surface area contributed by atoms with Crippen molar-refractivity contribution in [3.8, 4) is 5.75 Å². The molecule has 5 heteroatoms. The normalized spacial score (nSPS) is 26.3. The van der Waals surface area contributed by atoms with Gasteiger partial charge in [0, 0.05) is 18.0 Å². The van der Waals surface area contributed by atoms with Gasteiger partial charge in [-0.05, 0) is 52.2 Å². The van der Waals surface area contributed by atoms with Crippen molar-refractivity contribution in [3.63, 3.8) is 0 Å². The zero-order chi connectivity index (χ0) is 16.7. The fourth-order valence-corrected chi connectivity index (χ4v) is 3.15. The molecule has 2 fully saturated rings. The lowest BCUT2D eigenvalue weighted by Gasteiger charge is -2.32. The van der Waals surface area contributed by atoms with Gasteiger partial charge in [0.05, 0.1) is 24.9 Å². The highest BCUT2D eigenvalue weighted by Gasteiger charge is 2.52. The molecule has 2 aliphatic rings. The molecule has 0 radical (unpaired) electrons. The monoisotopic (exact) mass is 318 g/mol. The maximum atomic E-state index is 6.15. The molecule has 4 nitrogen and oxygen atoms in total. The number of hydrogen-bond donors (Lipinski definition) is 0. The maximum Gasteiger partial charge on any atom is 0.498 e. The van der Waals surface area contributed by atoms with Crippen molar-refractivity contribution < 1.29 is 18.8 Å². The third-order valence-corrected chi connectivity index (χ3v) is 5.40. The van der Waals surface area contributed by atoms with E-state index in [1.165, 1.54) is 12.0 Å². The molecule has 0 spiro atoms. The standard InChI is InChI=1S/C18H27BO4/c1-17(2)18(3,4)23-19(22-17)15-9-8-13(11-16(15)20-5)14-7-6-10-21-12-14/h8-9,11,14H,6-7,10,12H2,1-5H3. The second-order valence-electron chi connectivity index (χ2n) is 7.50. The Labute approximate surface area is 139 Å².